The van der Waals surface area contributed by atoms with Gasteiger partial charge in [-0.05, 0) is 55.8 Å². The van der Waals surface area contributed by atoms with E-state index in [0.29, 0.717) is 42.2 Å². The maximum atomic E-state index is 13.6. The average Bonchev–Trinajstić information content (AvgIpc) is 3.31. The molecule has 0 aliphatic rings. The molecule has 0 aliphatic carbocycles. The van der Waals surface area contributed by atoms with Crippen LogP contribution in [0.25, 0.3) is 11.5 Å². The Kier molecular flexibility index (Phi) is 6.65. The van der Waals surface area contributed by atoms with Gasteiger partial charge in [0, 0.05) is 11.6 Å². The monoisotopic (exact) mass is 433 g/mol. The summed E-state index contributed by atoms with van der Waals surface area (Å²) in [5, 5.41) is 11.9. The summed E-state index contributed by atoms with van der Waals surface area (Å²) in [6.45, 7) is 4.89. The lowest BCUT2D eigenvalue weighted by Gasteiger charge is -2.20. The highest BCUT2D eigenvalue weighted by atomic mass is 19.1. The SMILES string of the molecule is CCOc1ccc(OCC)c(N[C@@H](c2ccc(F)cc2)c2nnc(-c3ccccc3)o2)c1. The molecule has 4 aromatic rings. The summed E-state index contributed by atoms with van der Waals surface area (Å²) in [5.74, 6) is 1.79. The summed E-state index contributed by atoms with van der Waals surface area (Å²) in [6.07, 6.45) is 0. The normalized spacial score (nSPS) is 11.7. The van der Waals surface area contributed by atoms with Crippen molar-refractivity contribution in [2.45, 2.75) is 19.9 Å². The second-order valence-electron chi connectivity index (χ2n) is 6.96. The molecule has 0 saturated carbocycles. The smallest absolute Gasteiger partial charge is 0.247 e. The van der Waals surface area contributed by atoms with Gasteiger partial charge in [-0.2, -0.15) is 0 Å². The minimum absolute atomic E-state index is 0.323. The molecular formula is C25H24FN3O3. The topological polar surface area (TPSA) is 69.4 Å². The summed E-state index contributed by atoms with van der Waals surface area (Å²) in [7, 11) is 0. The summed E-state index contributed by atoms with van der Waals surface area (Å²) in [6, 6.07) is 20.7. The lowest BCUT2D eigenvalue weighted by Crippen LogP contribution is -2.14. The molecule has 1 atom stereocenters. The van der Waals surface area contributed by atoms with E-state index in [2.05, 4.69) is 15.5 Å². The number of benzene rings is 3. The first-order chi connectivity index (χ1) is 15.7. The van der Waals surface area contributed by atoms with Crippen LogP contribution in [0, 0.1) is 5.82 Å². The summed E-state index contributed by atoms with van der Waals surface area (Å²) in [4.78, 5) is 0. The summed E-state index contributed by atoms with van der Waals surface area (Å²) in [5.41, 5.74) is 2.28. The van der Waals surface area contributed by atoms with Crippen LogP contribution < -0.4 is 14.8 Å². The fourth-order valence-corrected chi connectivity index (χ4v) is 3.31. The minimum atomic E-state index is -0.531. The number of rotatable bonds is 9. The van der Waals surface area contributed by atoms with E-state index in [4.69, 9.17) is 13.9 Å². The zero-order chi connectivity index (χ0) is 22.3. The molecule has 0 bridgehead atoms. The predicted molar refractivity (Wildman–Crippen MR) is 120 cm³/mol. The van der Waals surface area contributed by atoms with Gasteiger partial charge in [0.05, 0.1) is 18.9 Å². The zero-order valence-electron chi connectivity index (χ0n) is 17.9. The van der Waals surface area contributed by atoms with Gasteiger partial charge in [-0.25, -0.2) is 4.39 Å². The number of ether oxygens (including phenoxy) is 2. The molecule has 164 valence electrons. The highest BCUT2D eigenvalue weighted by Gasteiger charge is 2.23. The van der Waals surface area contributed by atoms with Gasteiger partial charge in [-0.15, -0.1) is 10.2 Å². The standard InChI is InChI=1S/C25H24FN3O3/c1-3-30-20-14-15-22(31-4-2)21(16-20)27-23(17-10-12-19(26)13-11-17)25-29-28-24(32-25)18-8-6-5-7-9-18/h5-16,23,27H,3-4H2,1-2H3/t23-/m0/s1. The molecule has 7 heteroatoms. The van der Waals surface area contributed by atoms with Crippen molar-refractivity contribution in [2.75, 3.05) is 18.5 Å². The van der Waals surface area contributed by atoms with Gasteiger partial charge in [-0.1, -0.05) is 30.3 Å². The molecule has 6 nitrogen and oxygen atoms in total. The Morgan fingerprint density at radius 1 is 0.906 bits per heavy atom. The Hall–Kier alpha value is -3.87. The van der Waals surface area contributed by atoms with Crippen LogP contribution in [0.5, 0.6) is 11.5 Å². The average molecular weight is 433 g/mol. The number of nitrogens with one attached hydrogen (secondary N) is 1. The van der Waals surface area contributed by atoms with Crippen LogP contribution in [-0.2, 0) is 0 Å². The van der Waals surface area contributed by atoms with Gasteiger partial charge >= 0.3 is 0 Å². The molecule has 0 spiro atoms. The third-order valence-electron chi connectivity index (χ3n) is 4.77. The summed E-state index contributed by atoms with van der Waals surface area (Å²) >= 11 is 0. The van der Waals surface area contributed by atoms with Gasteiger partial charge in [0.2, 0.25) is 11.8 Å². The van der Waals surface area contributed by atoms with Crippen LogP contribution >= 0.6 is 0 Å². The quantitative estimate of drug-likeness (QED) is 0.356. The maximum absolute atomic E-state index is 13.6. The van der Waals surface area contributed by atoms with Crippen molar-refractivity contribution in [3.8, 4) is 23.0 Å². The van der Waals surface area contributed by atoms with Crippen molar-refractivity contribution in [1.82, 2.24) is 10.2 Å². The number of hydrogen-bond acceptors (Lipinski definition) is 6. The van der Waals surface area contributed by atoms with Crippen molar-refractivity contribution >= 4 is 5.69 Å². The Bertz CT molecular complexity index is 1150. The Balaban J connectivity index is 1.74. The predicted octanol–water partition coefficient (Wildman–Crippen LogP) is 5.87. The van der Waals surface area contributed by atoms with Crippen LogP contribution in [0.3, 0.4) is 0 Å². The molecular weight excluding hydrogens is 409 g/mol. The first-order valence-electron chi connectivity index (χ1n) is 10.5. The number of nitrogens with zero attached hydrogens (tertiary/aromatic N) is 2. The van der Waals surface area contributed by atoms with E-state index in [0.717, 1.165) is 11.1 Å². The van der Waals surface area contributed by atoms with Gasteiger partial charge in [0.1, 0.15) is 23.4 Å². The van der Waals surface area contributed by atoms with E-state index in [1.165, 1.54) is 12.1 Å². The second-order valence-corrected chi connectivity index (χ2v) is 6.96. The fraction of sp³-hybridized carbons (Fsp3) is 0.200. The Morgan fingerprint density at radius 3 is 2.38 bits per heavy atom. The molecule has 0 unspecified atom stereocenters. The van der Waals surface area contributed by atoms with E-state index < -0.39 is 6.04 Å². The van der Waals surface area contributed by atoms with Crippen LogP contribution in [0.4, 0.5) is 10.1 Å². The van der Waals surface area contributed by atoms with E-state index in [1.807, 2.05) is 62.4 Å². The molecule has 1 heterocycles. The van der Waals surface area contributed by atoms with Crippen molar-refractivity contribution in [2.24, 2.45) is 0 Å². The lowest BCUT2D eigenvalue weighted by atomic mass is 10.1. The van der Waals surface area contributed by atoms with E-state index in [-0.39, 0.29) is 5.82 Å². The highest BCUT2D eigenvalue weighted by molar-refractivity contribution is 5.61. The molecule has 0 amide bonds. The molecule has 1 aromatic heterocycles. The van der Waals surface area contributed by atoms with Crippen LogP contribution in [0.2, 0.25) is 0 Å². The molecule has 0 aliphatic heterocycles. The minimum Gasteiger partial charge on any atom is -0.494 e. The Morgan fingerprint density at radius 2 is 1.66 bits per heavy atom. The third kappa shape index (κ3) is 4.88. The lowest BCUT2D eigenvalue weighted by molar-refractivity contribution is 0.331. The molecule has 32 heavy (non-hydrogen) atoms. The van der Waals surface area contributed by atoms with Crippen molar-refractivity contribution in [3.63, 3.8) is 0 Å². The van der Waals surface area contributed by atoms with Crippen molar-refractivity contribution < 1.29 is 18.3 Å². The molecule has 0 saturated heterocycles. The van der Waals surface area contributed by atoms with E-state index in [1.54, 1.807) is 12.1 Å². The van der Waals surface area contributed by atoms with Gasteiger partial charge < -0.3 is 19.2 Å². The van der Waals surface area contributed by atoms with E-state index in [9.17, 15) is 4.39 Å². The van der Waals surface area contributed by atoms with E-state index >= 15 is 0 Å². The molecule has 0 fully saturated rings. The van der Waals surface area contributed by atoms with Gasteiger partial charge in [0.25, 0.3) is 0 Å². The highest BCUT2D eigenvalue weighted by Crippen LogP contribution is 2.35. The van der Waals surface area contributed by atoms with Crippen LogP contribution in [0.1, 0.15) is 31.3 Å². The molecule has 0 radical (unpaired) electrons. The maximum Gasteiger partial charge on any atom is 0.247 e. The van der Waals surface area contributed by atoms with Crippen LogP contribution in [0.15, 0.2) is 77.2 Å². The number of aromatic nitrogens is 2. The zero-order valence-corrected chi connectivity index (χ0v) is 17.9. The van der Waals surface area contributed by atoms with Gasteiger partial charge in [-0.3, -0.25) is 0 Å². The third-order valence-corrected chi connectivity index (χ3v) is 4.77. The first-order valence-corrected chi connectivity index (χ1v) is 10.5. The second kappa shape index (κ2) is 9.96. The number of halogens is 1. The van der Waals surface area contributed by atoms with Crippen molar-refractivity contribution in [1.29, 1.82) is 0 Å². The van der Waals surface area contributed by atoms with Crippen LogP contribution in [-0.4, -0.2) is 23.4 Å². The fourth-order valence-electron chi connectivity index (χ4n) is 3.31. The Labute approximate surface area is 186 Å². The number of anilines is 1. The molecule has 4 rings (SSSR count). The van der Waals surface area contributed by atoms with Crippen molar-refractivity contribution in [3.05, 3.63) is 90.1 Å². The molecule has 3 aromatic carbocycles. The molecule has 1 N–H and O–H groups in total. The van der Waals surface area contributed by atoms with Gasteiger partial charge in [0.15, 0.2) is 0 Å². The largest absolute Gasteiger partial charge is 0.494 e. The number of hydrogen-bond donors (Lipinski definition) is 1. The summed E-state index contributed by atoms with van der Waals surface area (Å²) < 4.78 is 31.1. The first kappa shape index (κ1) is 21.4.